The Morgan fingerprint density at radius 1 is 1.50 bits per heavy atom. The molecule has 0 aliphatic rings. The third-order valence-corrected chi connectivity index (χ3v) is 3.64. The van der Waals surface area contributed by atoms with Crippen LogP contribution in [0.1, 0.15) is 11.8 Å². The summed E-state index contributed by atoms with van der Waals surface area (Å²) in [6.07, 6.45) is 3.64. The van der Waals surface area contributed by atoms with Gasteiger partial charge in [-0.15, -0.1) is 11.3 Å². The highest BCUT2D eigenvalue weighted by atomic mass is 35.5. The molecule has 0 aromatic carbocycles. The molecule has 0 aliphatic heterocycles. The van der Waals surface area contributed by atoms with Crippen LogP contribution in [0.4, 0.5) is 0 Å². The van der Waals surface area contributed by atoms with Crippen molar-refractivity contribution in [3.8, 4) is 5.75 Å². The van der Waals surface area contributed by atoms with Crippen LogP contribution in [0.3, 0.4) is 0 Å². The Bertz CT molecular complexity index is 483. The van der Waals surface area contributed by atoms with Crippen molar-refractivity contribution in [2.24, 2.45) is 0 Å². The van der Waals surface area contributed by atoms with E-state index in [4.69, 9.17) is 16.3 Å². The highest BCUT2D eigenvalue weighted by molar-refractivity contribution is 7.16. The van der Waals surface area contributed by atoms with E-state index in [9.17, 15) is 0 Å². The number of aryl methyl sites for hydroxylation is 1. The Balaban J connectivity index is 1.61. The van der Waals surface area contributed by atoms with Gasteiger partial charge in [-0.1, -0.05) is 11.6 Å². The molecule has 0 unspecified atom stereocenters. The lowest BCUT2D eigenvalue weighted by Crippen LogP contribution is -2.19. The molecular weight excluding hydrogens is 270 g/mol. The van der Waals surface area contributed by atoms with E-state index in [0.717, 1.165) is 29.7 Å². The standard InChI is InChI=1S/C12H16ClN3OS/c1-2-16-9-10(7-15-16)17-6-5-14-8-11-3-4-12(13)18-11/h3-4,7,9,14H,2,5-6,8H2,1H3. The molecule has 0 radical (unpaired) electrons. The maximum absolute atomic E-state index is 5.85. The summed E-state index contributed by atoms with van der Waals surface area (Å²) in [6.45, 7) is 5.17. The van der Waals surface area contributed by atoms with Crippen LogP contribution in [-0.4, -0.2) is 22.9 Å². The lowest BCUT2D eigenvalue weighted by atomic mass is 10.4. The zero-order valence-corrected chi connectivity index (χ0v) is 11.8. The van der Waals surface area contributed by atoms with E-state index >= 15 is 0 Å². The summed E-state index contributed by atoms with van der Waals surface area (Å²) in [5, 5.41) is 7.45. The molecule has 6 heteroatoms. The Morgan fingerprint density at radius 2 is 2.39 bits per heavy atom. The molecule has 98 valence electrons. The molecule has 0 bridgehead atoms. The number of nitrogens with zero attached hydrogens (tertiary/aromatic N) is 2. The smallest absolute Gasteiger partial charge is 0.157 e. The summed E-state index contributed by atoms with van der Waals surface area (Å²) < 4.78 is 8.24. The van der Waals surface area contributed by atoms with Gasteiger partial charge in [-0.05, 0) is 19.1 Å². The first-order valence-electron chi connectivity index (χ1n) is 5.88. The van der Waals surface area contributed by atoms with Crippen molar-refractivity contribution in [2.75, 3.05) is 13.2 Å². The predicted molar refractivity (Wildman–Crippen MR) is 74.4 cm³/mol. The SMILES string of the molecule is CCn1cc(OCCNCc2ccc(Cl)s2)cn1. The van der Waals surface area contributed by atoms with Gasteiger partial charge in [0.15, 0.2) is 5.75 Å². The maximum atomic E-state index is 5.85. The van der Waals surface area contributed by atoms with Crippen LogP contribution >= 0.6 is 22.9 Å². The van der Waals surface area contributed by atoms with E-state index < -0.39 is 0 Å². The predicted octanol–water partition coefficient (Wildman–Crippen LogP) is 2.79. The molecule has 18 heavy (non-hydrogen) atoms. The first kappa shape index (κ1) is 13.4. The minimum Gasteiger partial charge on any atom is -0.489 e. The van der Waals surface area contributed by atoms with Crippen molar-refractivity contribution in [3.63, 3.8) is 0 Å². The van der Waals surface area contributed by atoms with Gasteiger partial charge in [0.25, 0.3) is 0 Å². The van der Waals surface area contributed by atoms with Gasteiger partial charge >= 0.3 is 0 Å². The number of thiophene rings is 1. The summed E-state index contributed by atoms with van der Waals surface area (Å²) in [5.41, 5.74) is 0. The van der Waals surface area contributed by atoms with Crippen molar-refractivity contribution in [3.05, 3.63) is 33.7 Å². The van der Waals surface area contributed by atoms with Crippen LogP contribution in [0.25, 0.3) is 0 Å². The number of aromatic nitrogens is 2. The normalized spacial score (nSPS) is 10.8. The molecule has 1 N–H and O–H groups in total. The average molecular weight is 286 g/mol. The van der Waals surface area contributed by atoms with Gasteiger partial charge < -0.3 is 10.1 Å². The van der Waals surface area contributed by atoms with Gasteiger partial charge in [0.05, 0.1) is 16.7 Å². The molecule has 2 aromatic heterocycles. The zero-order valence-electron chi connectivity index (χ0n) is 10.2. The van der Waals surface area contributed by atoms with E-state index in [1.165, 1.54) is 4.88 Å². The van der Waals surface area contributed by atoms with Gasteiger partial charge in [0, 0.05) is 24.5 Å². The van der Waals surface area contributed by atoms with E-state index in [0.29, 0.717) is 6.61 Å². The van der Waals surface area contributed by atoms with Crippen LogP contribution in [0.15, 0.2) is 24.5 Å². The van der Waals surface area contributed by atoms with E-state index in [2.05, 4.69) is 10.4 Å². The van der Waals surface area contributed by atoms with Crippen molar-refractivity contribution in [2.45, 2.75) is 20.0 Å². The third-order valence-electron chi connectivity index (χ3n) is 2.41. The second-order valence-corrected chi connectivity index (χ2v) is 5.56. The molecule has 0 spiro atoms. The zero-order chi connectivity index (χ0) is 12.8. The minimum absolute atomic E-state index is 0.633. The molecule has 2 heterocycles. The molecule has 0 fully saturated rings. The molecule has 0 amide bonds. The molecule has 2 aromatic rings. The average Bonchev–Trinajstić information content (AvgIpc) is 2.98. The van der Waals surface area contributed by atoms with Gasteiger partial charge in [-0.25, -0.2) is 0 Å². The van der Waals surface area contributed by atoms with Gasteiger partial charge in [-0.3, -0.25) is 4.68 Å². The van der Waals surface area contributed by atoms with Crippen LogP contribution in [-0.2, 0) is 13.1 Å². The molecular formula is C12H16ClN3OS. The first-order chi connectivity index (χ1) is 8.78. The van der Waals surface area contributed by atoms with Crippen molar-refractivity contribution in [1.82, 2.24) is 15.1 Å². The summed E-state index contributed by atoms with van der Waals surface area (Å²) in [6, 6.07) is 3.95. The summed E-state index contributed by atoms with van der Waals surface area (Å²) >= 11 is 7.45. The molecule has 0 saturated heterocycles. The van der Waals surface area contributed by atoms with Crippen LogP contribution in [0.5, 0.6) is 5.75 Å². The molecule has 2 rings (SSSR count). The molecule has 4 nitrogen and oxygen atoms in total. The topological polar surface area (TPSA) is 39.1 Å². The number of nitrogens with one attached hydrogen (secondary N) is 1. The van der Waals surface area contributed by atoms with Crippen molar-refractivity contribution < 1.29 is 4.74 Å². The molecule has 0 aliphatic carbocycles. The number of hydrogen-bond donors (Lipinski definition) is 1. The number of halogens is 1. The minimum atomic E-state index is 0.633. The Morgan fingerprint density at radius 3 is 3.06 bits per heavy atom. The highest BCUT2D eigenvalue weighted by Gasteiger charge is 1.99. The lowest BCUT2D eigenvalue weighted by molar-refractivity contribution is 0.313. The lowest BCUT2D eigenvalue weighted by Gasteiger charge is -2.04. The Kier molecular flexibility index (Phi) is 5.04. The molecule has 0 atom stereocenters. The Labute approximate surface area is 116 Å². The number of hydrogen-bond acceptors (Lipinski definition) is 4. The van der Waals surface area contributed by atoms with Gasteiger partial charge in [0.2, 0.25) is 0 Å². The van der Waals surface area contributed by atoms with E-state index in [1.807, 2.05) is 29.9 Å². The van der Waals surface area contributed by atoms with Gasteiger partial charge in [0.1, 0.15) is 6.61 Å². The van der Waals surface area contributed by atoms with E-state index in [1.54, 1.807) is 17.5 Å². The van der Waals surface area contributed by atoms with Gasteiger partial charge in [-0.2, -0.15) is 5.10 Å². The fraction of sp³-hybridized carbons (Fsp3) is 0.417. The number of ether oxygens (including phenoxy) is 1. The maximum Gasteiger partial charge on any atom is 0.157 e. The van der Waals surface area contributed by atoms with Crippen molar-refractivity contribution >= 4 is 22.9 Å². The highest BCUT2D eigenvalue weighted by Crippen LogP contribution is 2.20. The third kappa shape index (κ3) is 4.01. The largest absolute Gasteiger partial charge is 0.489 e. The summed E-state index contributed by atoms with van der Waals surface area (Å²) in [7, 11) is 0. The van der Waals surface area contributed by atoms with Crippen molar-refractivity contribution in [1.29, 1.82) is 0 Å². The van der Waals surface area contributed by atoms with Crippen LogP contribution < -0.4 is 10.1 Å². The fourth-order valence-electron chi connectivity index (χ4n) is 1.49. The summed E-state index contributed by atoms with van der Waals surface area (Å²) in [4.78, 5) is 1.24. The second kappa shape index (κ2) is 6.78. The fourth-order valence-corrected chi connectivity index (χ4v) is 2.55. The first-order valence-corrected chi connectivity index (χ1v) is 7.07. The number of rotatable bonds is 7. The van der Waals surface area contributed by atoms with E-state index in [-0.39, 0.29) is 0 Å². The second-order valence-electron chi connectivity index (χ2n) is 3.76. The summed E-state index contributed by atoms with van der Waals surface area (Å²) in [5.74, 6) is 0.817. The van der Waals surface area contributed by atoms with Crippen LogP contribution in [0, 0.1) is 0 Å². The Hall–Kier alpha value is -1.04. The molecule has 0 saturated carbocycles. The quantitative estimate of drug-likeness (QED) is 0.795. The monoisotopic (exact) mass is 285 g/mol. The van der Waals surface area contributed by atoms with Crippen LogP contribution in [0.2, 0.25) is 4.34 Å².